The fraction of sp³-hybridized carbons (Fsp3) is 0.111. The molecule has 16 heavy (non-hydrogen) atoms. The number of aliphatic imine (C=N–C) groups is 1. The summed E-state index contributed by atoms with van der Waals surface area (Å²) in [5, 5.41) is 13.3. The van der Waals surface area contributed by atoms with Crippen LogP contribution in [0.4, 0.5) is 5.69 Å². The summed E-state index contributed by atoms with van der Waals surface area (Å²) in [5.74, 6) is -0.212. The summed E-state index contributed by atoms with van der Waals surface area (Å²) < 4.78 is 0. The lowest BCUT2D eigenvalue weighted by Gasteiger charge is -2.15. The maximum atomic E-state index is 10.5. The van der Waals surface area contributed by atoms with Crippen LogP contribution < -0.4 is 10.2 Å². The monoisotopic (exact) mass is 219 g/mol. The highest BCUT2D eigenvalue weighted by Crippen LogP contribution is 2.11. The van der Waals surface area contributed by atoms with E-state index in [9.17, 15) is 10.1 Å². The number of pyridine rings is 1. The van der Waals surface area contributed by atoms with E-state index in [0.717, 1.165) is 5.69 Å². The Kier molecular flexibility index (Phi) is 2.77. The summed E-state index contributed by atoms with van der Waals surface area (Å²) in [7, 11) is 0. The van der Waals surface area contributed by atoms with E-state index in [1.54, 1.807) is 29.4 Å². The van der Waals surface area contributed by atoms with Crippen LogP contribution in [-0.4, -0.2) is 22.9 Å². The first-order valence-corrected chi connectivity index (χ1v) is 4.56. The molecule has 82 valence electrons. The summed E-state index contributed by atoms with van der Waals surface area (Å²) in [5.41, 5.74) is 0.865. The van der Waals surface area contributed by atoms with E-state index in [1.807, 2.05) is 0 Å². The van der Waals surface area contributed by atoms with Crippen LogP contribution in [0, 0.1) is 10.1 Å². The van der Waals surface area contributed by atoms with Crippen LogP contribution in [0.1, 0.15) is 0 Å². The number of rotatable bonds is 2. The largest absolute Gasteiger partial charge is 0.380 e. The molecule has 1 aliphatic heterocycles. The Morgan fingerprint density at radius 2 is 2.19 bits per heavy atom. The Labute approximate surface area is 91.3 Å². The minimum atomic E-state index is -0.542. The van der Waals surface area contributed by atoms with Gasteiger partial charge in [-0.15, -0.1) is 0 Å². The van der Waals surface area contributed by atoms with E-state index < -0.39 is 4.92 Å². The Morgan fingerprint density at radius 3 is 2.88 bits per heavy atom. The molecule has 7 nitrogen and oxygen atoms in total. The van der Waals surface area contributed by atoms with Gasteiger partial charge in [-0.3, -0.25) is 9.88 Å². The Morgan fingerprint density at radius 1 is 1.44 bits per heavy atom. The van der Waals surface area contributed by atoms with E-state index in [0.29, 0.717) is 6.67 Å². The molecule has 1 aliphatic rings. The maximum absolute atomic E-state index is 10.5. The van der Waals surface area contributed by atoms with Crippen LogP contribution in [0.5, 0.6) is 0 Å². The van der Waals surface area contributed by atoms with Crippen molar-refractivity contribution in [3.63, 3.8) is 0 Å². The molecule has 0 saturated heterocycles. The number of nitrogens with one attached hydrogen (secondary N) is 1. The zero-order valence-electron chi connectivity index (χ0n) is 8.28. The second-order valence-corrected chi connectivity index (χ2v) is 3.04. The first-order valence-electron chi connectivity index (χ1n) is 4.56. The Bertz CT molecular complexity index is 442. The lowest BCUT2D eigenvalue weighted by Crippen LogP contribution is -2.29. The van der Waals surface area contributed by atoms with Crippen molar-refractivity contribution in [2.75, 3.05) is 11.6 Å². The lowest BCUT2D eigenvalue weighted by molar-refractivity contribution is -0.426. The quantitative estimate of drug-likeness (QED) is 0.580. The van der Waals surface area contributed by atoms with E-state index in [2.05, 4.69) is 15.3 Å². The molecule has 0 aliphatic carbocycles. The minimum absolute atomic E-state index is 0.212. The fourth-order valence-electron chi connectivity index (χ4n) is 1.24. The van der Waals surface area contributed by atoms with Gasteiger partial charge in [0.25, 0.3) is 0 Å². The Balaban J connectivity index is 2.18. The summed E-state index contributed by atoms with van der Waals surface area (Å²) in [4.78, 5) is 19.4. The average Bonchev–Trinajstić information content (AvgIpc) is 2.55. The van der Waals surface area contributed by atoms with Crippen molar-refractivity contribution in [3.05, 3.63) is 46.7 Å². The van der Waals surface area contributed by atoms with E-state index in [4.69, 9.17) is 0 Å². The maximum Gasteiger partial charge on any atom is 0.380 e. The van der Waals surface area contributed by atoms with Gasteiger partial charge in [0, 0.05) is 18.1 Å². The predicted octanol–water partition coefficient (Wildman–Crippen LogP) is 0.553. The normalized spacial score (nSPS) is 15.0. The van der Waals surface area contributed by atoms with Crippen LogP contribution >= 0.6 is 0 Å². The molecule has 0 bridgehead atoms. The zero-order valence-corrected chi connectivity index (χ0v) is 8.28. The van der Waals surface area contributed by atoms with Gasteiger partial charge in [0.1, 0.15) is 0 Å². The van der Waals surface area contributed by atoms with Crippen molar-refractivity contribution >= 4 is 12.0 Å². The van der Waals surface area contributed by atoms with Crippen molar-refractivity contribution < 1.29 is 4.92 Å². The summed E-state index contributed by atoms with van der Waals surface area (Å²) >= 11 is 0. The van der Waals surface area contributed by atoms with Crippen LogP contribution in [-0.2, 0) is 0 Å². The summed E-state index contributed by atoms with van der Waals surface area (Å²) in [6.45, 7) is 0.421. The molecule has 7 heteroatoms. The van der Waals surface area contributed by atoms with E-state index in [-0.39, 0.29) is 5.82 Å². The van der Waals surface area contributed by atoms with Gasteiger partial charge in [0.05, 0.1) is 12.9 Å². The van der Waals surface area contributed by atoms with Gasteiger partial charge >= 0.3 is 5.82 Å². The summed E-state index contributed by atoms with van der Waals surface area (Å²) in [6.07, 6.45) is 5.99. The standard InChI is InChI=1S/C9H9N5O2/c15-14(16)9-5-11-6-13(7-12-9)8-1-3-10-4-2-8/h1-5,7,11H,6H2. The molecule has 0 saturated carbocycles. The number of nitrogens with zero attached hydrogens (tertiary/aromatic N) is 4. The number of hydrogen-bond donors (Lipinski definition) is 1. The van der Waals surface area contributed by atoms with Gasteiger partial charge in [-0.2, -0.15) is 0 Å². The Hall–Kier alpha value is -2.44. The van der Waals surface area contributed by atoms with Gasteiger partial charge in [-0.25, -0.2) is 0 Å². The van der Waals surface area contributed by atoms with Crippen LogP contribution in [0.3, 0.4) is 0 Å². The molecule has 0 spiro atoms. The van der Waals surface area contributed by atoms with Crippen LogP contribution in [0.25, 0.3) is 0 Å². The molecule has 1 aromatic rings. The number of anilines is 1. The molecular formula is C9H9N5O2. The van der Waals surface area contributed by atoms with Crippen molar-refractivity contribution in [1.82, 2.24) is 10.3 Å². The number of hydrogen-bond acceptors (Lipinski definition) is 6. The molecular weight excluding hydrogens is 210 g/mol. The molecule has 1 N–H and O–H groups in total. The molecule has 0 fully saturated rings. The van der Waals surface area contributed by atoms with Crippen molar-refractivity contribution in [2.45, 2.75) is 0 Å². The molecule has 2 heterocycles. The number of aromatic nitrogens is 1. The van der Waals surface area contributed by atoms with Gasteiger partial charge in [-0.05, 0) is 22.0 Å². The molecule has 1 aromatic heterocycles. The third kappa shape index (κ3) is 2.14. The van der Waals surface area contributed by atoms with Crippen molar-refractivity contribution in [1.29, 1.82) is 0 Å². The second-order valence-electron chi connectivity index (χ2n) is 3.04. The highest BCUT2D eigenvalue weighted by atomic mass is 16.6. The number of nitro groups is 1. The fourth-order valence-corrected chi connectivity index (χ4v) is 1.24. The van der Waals surface area contributed by atoms with Crippen LogP contribution in [0.2, 0.25) is 0 Å². The molecule has 0 amide bonds. The minimum Gasteiger partial charge on any atom is -0.366 e. The molecule has 0 radical (unpaired) electrons. The van der Waals surface area contributed by atoms with Gasteiger partial charge in [0.2, 0.25) is 6.34 Å². The van der Waals surface area contributed by atoms with Gasteiger partial charge in [-0.1, -0.05) is 0 Å². The van der Waals surface area contributed by atoms with Crippen molar-refractivity contribution in [2.24, 2.45) is 4.99 Å². The van der Waals surface area contributed by atoms with E-state index in [1.165, 1.54) is 12.5 Å². The van der Waals surface area contributed by atoms with Crippen LogP contribution in [0.15, 0.2) is 41.5 Å². The average molecular weight is 219 g/mol. The lowest BCUT2D eigenvalue weighted by atomic mass is 10.4. The van der Waals surface area contributed by atoms with Gasteiger partial charge in [0.15, 0.2) is 0 Å². The zero-order chi connectivity index (χ0) is 11.4. The third-order valence-electron chi connectivity index (χ3n) is 2.00. The SMILES string of the molecule is O=[N+]([O-])C1=CNCN(c2ccncc2)C=N1. The topological polar surface area (TPSA) is 83.7 Å². The molecule has 2 rings (SSSR count). The highest BCUT2D eigenvalue weighted by Gasteiger charge is 2.13. The molecule has 0 atom stereocenters. The predicted molar refractivity (Wildman–Crippen MR) is 58.3 cm³/mol. The third-order valence-corrected chi connectivity index (χ3v) is 2.00. The first kappa shape index (κ1) is 10.1. The second kappa shape index (κ2) is 4.39. The van der Waals surface area contributed by atoms with Crippen molar-refractivity contribution in [3.8, 4) is 0 Å². The molecule has 0 aromatic carbocycles. The highest BCUT2D eigenvalue weighted by molar-refractivity contribution is 5.79. The summed E-state index contributed by atoms with van der Waals surface area (Å²) in [6, 6.07) is 3.59. The smallest absolute Gasteiger partial charge is 0.366 e. The van der Waals surface area contributed by atoms with Gasteiger partial charge < -0.3 is 15.4 Å². The first-order chi connectivity index (χ1) is 7.77. The molecule has 0 unspecified atom stereocenters. The van der Waals surface area contributed by atoms with E-state index >= 15 is 0 Å².